The highest BCUT2D eigenvalue weighted by atomic mass is 16.2. The van der Waals surface area contributed by atoms with Crippen LogP contribution < -0.4 is 11.1 Å². The number of carbonyl (C=O) groups excluding carboxylic acids is 2. The van der Waals surface area contributed by atoms with Crippen LogP contribution in [0.3, 0.4) is 0 Å². The molecule has 0 saturated heterocycles. The van der Waals surface area contributed by atoms with Crippen LogP contribution in [0.1, 0.15) is 6.92 Å². The van der Waals surface area contributed by atoms with Crippen molar-refractivity contribution in [2.45, 2.75) is 13.5 Å². The molecule has 7 heteroatoms. The maximum Gasteiger partial charge on any atom is 0.244 e. The van der Waals surface area contributed by atoms with Crippen molar-refractivity contribution in [3.63, 3.8) is 0 Å². The Bertz CT molecular complexity index is 401. The Labute approximate surface area is 99.6 Å². The van der Waals surface area contributed by atoms with Gasteiger partial charge in [0.05, 0.1) is 18.4 Å². The molecule has 17 heavy (non-hydrogen) atoms. The minimum Gasteiger partial charge on any atom is -0.396 e. The molecule has 0 radical (unpaired) electrons. The van der Waals surface area contributed by atoms with E-state index >= 15 is 0 Å². The molecule has 7 nitrogen and oxygen atoms in total. The molecule has 0 aliphatic heterocycles. The van der Waals surface area contributed by atoms with E-state index in [2.05, 4.69) is 10.4 Å². The van der Waals surface area contributed by atoms with Gasteiger partial charge in [-0.25, -0.2) is 0 Å². The number of hydrogen-bond acceptors (Lipinski definition) is 4. The molecular weight excluding hydrogens is 222 g/mol. The standard InChI is InChI=1S/C10H17N5O2/c1-3-14(6-9(16)12-2)10(17)7-15-5-8(11)4-13-15/h4-5H,3,6-7,11H2,1-2H3,(H,12,16). The van der Waals surface area contributed by atoms with Gasteiger partial charge in [-0.3, -0.25) is 14.3 Å². The van der Waals surface area contributed by atoms with Crippen LogP contribution in [0.4, 0.5) is 5.69 Å². The second-order valence-corrected chi connectivity index (χ2v) is 3.55. The molecule has 1 aromatic heterocycles. The quantitative estimate of drug-likeness (QED) is 0.693. The van der Waals surface area contributed by atoms with E-state index in [1.807, 2.05) is 6.92 Å². The first-order valence-electron chi connectivity index (χ1n) is 5.33. The van der Waals surface area contributed by atoms with Crippen molar-refractivity contribution >= 4 is 17.5 Å². The maximum atomic E-state index is 11.8. The van der Waals surface area contributed by atoms with Crippen molar-refractivity contribution in [3.05, 3.63) is 12.4 Å². The number of nitrogens with zero attached hydrogens (tertiary/aromatic N) is 3. The summed E-state index contributed by atoms with van der Waals surface area (Å²) in [5.74, 6) is -0.362. The molecule has 2 amide bonds. The molecule has 0 atom stereocenters. The van der Waals surface area contributed by atoms with Crippen molar-refractivity contribution < 1.29 is 9.59 Å². The summed E-state index contributed by atoms with van der Waals surface area (Å²) in [7, 11) is 1.54. The summed E-state index contributed by atoms with van der Waals surface area (Å²) in [6, 6.07) is 0. The fourth-order valence-corrected chi connectivity index (χ4v) is 1.33. The van der Waals surface area contributed by atoms with Gasteiger partial charge in [0.2, 0.25) is 11.8 Å². The summed E-state index contributed by atoms with van der Waals surface area (Å²) in [4.78, 5) is 24.5. The first kappa shape index (κ1) is 13.0. The van der Waals surface area contributed by atoms with Crippen LogP contribution in [0.2, 0.25) is 0 Å². The molecule has 0 aliphatic rings. The Morgan fingerprint density at radius 2 is 2.29 bits per heavy atom. The molecule has 0 fully saturated rings. The van der Waals surface area contributed by atoms with Gasteiger partial charge < -0.3 is 16.0 Å². The van der Waals surface area contributed by atoms with Gasteiger partial charge in [-0.1, -0.05) is 0 Å². The lowest BCUT2D eigenvalue weighted by atomic mass is 10.4. The van der Waals surface area contributed by atoms with Crippen molar-refractivity contribution in [3.8, 4) is 0 Å². The van der Waals surface area contributed by atoms with Crippen LogP contribution in [-0.4, -0.2) is 46.6 Å². The normalized spacial score (nSPS) is 10.0. The lowest BCUT2D eigenvalue weighted by Crippen LogP contribution is -2.41. The van der Waals surface area contributed by atoms with Gasteiger partial charge in [0.25, 0.3) is 0 Å². The highest BCUT2D eigenvalue weighted by molar-refractivity contribution is 5.84. The molecule has 0 saturated carbocycles. The molecule has 94 valence electrons. The number of hydrogen-bond donors (Lipinski definition) is 2. The van der Waals surface area contributed by atoms with E-state index in [0.29, 0.717) is 12.2 Å². The molecule has 1 rings (SSSR count). The van der Waals surface area contributed by atoms with Crippen LogP contribution >= 0.6 is 0 Å². The Balaban J connectivity index is 2.57. The number of anilines is 1. The zero-order valence-corrected chi connectivity index (χ0v) is 10.0. The number of rotatable bonds is 5. The van der Waals surface area contributed by atoms with Crippen LogP contribution in [-0.2, 0) is 16.1 Å². The van der Waals surface area contributed by atoms with E-state index in [1.165, 1.54) is 22.8 Å². The van der Waals surface area contributed by atoms with E-state index in [9.17, 15) is 9.59 Å². The predicted molar refractivity (Wildman–Crippen MR) is 63.0 cm³/mol. The number of likely N-dealkylation sites (N-methyl/N-ethyl adjacent to an activating group) is 2. The third-order valence-electron chi connectivity index (χ3n) is 2.30. The van der Waals surface area contributed by atoms with Gasteiger partial charge in [-0.2, -0.15) is 5.10 Å². The molecule has 0 aromatic carbocycles. The van der Waals surface area contributed by atoms with Crippen LogP contribution in [0.15, 0.2) is 12.4 Å². The van der Waals surface area contributed by atoms with E-state index in [0.717, 1.165) is 0 Å². The molecular formula is C10H17N5O2. The second kappa shape index (κ2) is 5.88. The first-order chi connectivity index (χ1) is 8.06. The van der Waals surface area contributed by atoms with Gasteiger partial charge in [0.15, 0.2) is 0 Å². The number of aromatic nitrogens is 2. The fourth-order valence-electron chi connectivity index (χ4n) is 1.33. The Morgan fingerprint density at radius 1 is 1.59 bits per heavy atom. The average Bonchev–Trinajstić information content (AvgIpc) is 2.70. The Hall–Kier alpha value is -2.05. The first-order valence-corrected chi connectivity index (χ1v) is 5.33. The Kier molecular flexibility index (Phi) is 4.50. The van der Waals surface area contributed by atoms with Crippen molar-refractivity contribution in [1.82, 2.24) is 20.0 Å². The van der Waals surface area contributed by atoms with Gasteiger partial charge in [0.1, 0.15) is 6.54 Å². The summed E-state index contributed by atoms with van der Waals surface area (Å²) in [6.45, 7) is 2.44. The summed E-state index contributed by atoms with van der Waals surface area (Å²) in [5, 5.41) is 6.39. The maximum absolute atomic E-state index is 11.8. The molecule has 3 N–H and O–H groups in total. The topological polar surface area (TPSA) is 93.2 Å². The smallest absolute Gasteiger partial charge is 0.244 e. The monoisotopic (exact) mass is 239 g/mol. The number of amides is 2. The summed E-state index contributed by atoms with van der Waals surface area (Å²) >= 11 is 0. The second-order valence-electron chi connectivity index (χ2n) is 3.55. The zero-order chi connectivity index (χ0) is 12.8. The van der Waals surface area contributed by atoms with E-state index < -0.39 is 0 Å². The molecule has 1 aromatic rings. The lowest BCUT2D eigenvalue weighted by molar-refractivity contribution is -0.136. The van der Waals surface area contributed by atoms with Crippen LogP contribution in [0, 0.1) is 0 Å². The number of nitrogens with one attached hydrogen (secondary N) is 1. The highest BCUT2D eigenvalue weighted by Gasteiger charge is 2.15. The molecule has 1 heterocycles. The van der Waals surface area contributed by atoms with Crippen molar-refractivity contribution in [1.29, 1.82) is 0 Å². The van der Waals surface area contributed by atoms with Gasteiger partial charge in [-0.15, -0.1) is 0 Å². The number of carbonyl (C=O) groups is 2. The van der Waals surface area contributed by atoms with E-state index in [1.54, 1.807) is 6.20 Å². The SMILES string of the molecule is CCN(CC(=O)NC)C(=O)Cn1cc(N)cn1. The number of nitrogens with two attached hydrogens (primary N) is 1. The van der Waals surface area contributed by atoms with Crippen LogP contribution in [0.25, 0.3) is 0 Å². The third-order valence-corrected chi connectivity index (χ3v) is 2.30. The molecule has 0 spiro atoms. The molecule has 0 aliphatic carbocycles. The average molecular weight is 239 g/mol. The lowest BCUT2D eigenvalue weighted by Gasteiger charge is -2.19. The Morgan fingerprint density at radius 3 is 2.76 bits per heavy atom. The molecule has 0 unspecified atom stereocenters. The van der Waals surface area contributed by atoms with Crippen molar-refractivity contribution in [2.24, 2.45) is 0 Å². The van der Waals surface area contributed by atoms with Gasteiger partial charge in [-0.05, 0) is 6.92 Å². The summed E-state index contributed by atoms with van der Waals surface area (Å²) in [5.41, 5.74) is 6.00. The summed E-state index contributed by atoms with van der Waals surface area (Å²) in [6.07, 6.45) is 3.05. The minimum atomic E-state index is -0.194. The van der Waals surface area contributed by atoms with Crippen LogP contribution in [0.5, 0.6) is 0 Å². The minimum absolute atomic E-state index is 0.0581. The van der Waals surface area contributed by atoms with Crippen molar-refractivity contribution in [2.75, 3.05) is 25.9 Å². The molecule has 0 bridgehead atoms. The fraction of sp³-hybridized carbons (Fsp3) is 0.500. The van der Waals surface area contributed by atoms with Gasteiger partial charge in [0, 0.05) is 19.8 Å². The van der Waals surface area contributed by atoms with Gasteiger partial charge >= 0.3 is 0 Å². The number of nitrogen functional groups attached to an aromatic ring is 1. The highest BCUT2D eigenvalue weighted by Crippen LogP contribution is 1.99. The van der Waals surface area contributed by atoms with E-state index in [-0.39, 0.29) is 24.9 Å². The third kappa shape index (κ3) is 3.78. The zero-order valence-electron chi connectivity index (χ0n) is 10.0. The van der Waals surface area contributed by atoms with E-state index in [4.69, 9.17) is 5.73 Å². The summed E-state index contributed by atoms with van der Waals surface area (Å²) < 4.78 is 1.45. The predicted octanol–water partition coefficient (Wildman–Crippen LogP) is -0.940. The largest absolute Gasteiger partial charge is 0.396 e.